The van der Waals surface area contributed by atoms with Crippen LogP contribution in [-0.2, 0) is 0 Å². The van der Waals surface area contributed by atoms with Gasteiger partial charge in [0, 0.05) is 8.04 Å². The number of hydrogen-bond acceptors (Lipinski definition) is 0. The number of fused-ring (bicyclic) bond motifs is 1. The maximum absolute atomic E-state index is 6.72. The second-order valence-electron chi connectivity index (χ2n) is 4.60. The highest BCUT2D eigenvalue weighted by Crippen LogP contribution is 2.36. The Morgan fingerprint density at radius 2 is 1.65 bits per heavy atom. The molecule has 0 aliphatic rings. The average molecular weight is 458 g/mol. The molecule has 0 saturated heterocycles. The maximum atomic E-state index is 6.72. The second-order valence-corrected chi connectivity index (χ2v) is 7.14. The second kappa shape index (κ2) is 6.04. The van der Waals surface area contributed by atoms with Gasteiger partial charge < -0.3 is 0 Å². The largest absolute Gasteiger partial charge is 0.113 e. The molecule has 0 aliphatic heterocycles. The van der Waals surface area contributed by atoms with Crippen molar-refractivity contribution in [2.45, 2.75) is 5.38 Å². The van der Waals surface area contributed by atoms with Gasteiger partial charge in [-0.05, 0) is 62.7 Å². The van der Waals surface area contributed by atoms with Crippen LogP contribution < -0.4 is 0 Å². The quantitative estimate of drug-likeness (QED) is 0.303. The molecule has 0 fully saturated rings. The van der Waals surface area contributed by atoms with E-state index in [4.69, 9.17) is 11.6 Å². The molecule has 3 heteroatoms. The van der Waals surface area contributed by atoms with Crippen LogP contribution in [0.3, 0.4) is 0 Å². The fourth-order valence-corrected chi connectivity index (χ4v) is 3.72. The zero-order valence-corrected chi connectivity index (χ0v) is 15.0. The Balaban J connectivity index is 2.17. The van der Waals surface area contributed by atoms with Crippen LogP contribution in [0.2, 0.25) is 0 Å². The van der Waals surface area contributed by atoms with E-state index in [9.17, 15) is 0 Å². The lowest BCUT2D eigenvalue weighted by Crippen LogP contribution is -1.95. The Hall–Kier alpha value is -0.580. The molecule has 3 rings (SSSR count). The molecule has 3 aromatic rings. The molecule has 1 unspecified atom stereocenters. The van der Waals surface area contributed by atoms with Gasteiger partial charge in [-0.25, -0.2) is 0 Å². The molecule has 0 saturated carbocycles. The first-order valence-electron chi connectivity index (χ1n) is 6.23. The minimum Gasteiger partial charge on any atom is -0.113 e. The Kier molecular flexibility index (Phi) is 4.34. The lowest BCUT2D eigenvalue weighted by atomic mass is 9.98. The first-order chi connectivity index (χ1) is 9.66. The monoisotopic (exact) mass is 456 g/mol. The highest BCUT2D eigenvalue weighted by atomic mass is 127. The third kappa shape index (κ3) is 2.74. The lowest BCUT2D eigenvalue weighted by Gasteiger charge is -2.14. The zero-order valence-electron chi connectivity index (χ0n) is 10.5. The third-order valence-corrected chi connectivity index (χ3v) is 5.17. The summed E-state index contributed by atoms with van der Waals surface area (Å²) in [6.45, 7) is 0. The van der Waals surface area contributed by atoms with Crippen LogP contribution in [0.15, 0.2) is 65.1 Å². The summed E-state index contributed by atoms with van der Waals surface area (Å²) in [5.41, 5.74) is 2.28. The van der Waals surface area contributed by atoms with E-state index in [0.29, 0.717) is 0 Å². The van der Waals surface area contributed by atoms with Crippen LogP contribution in [0, 0.1) is 3.57 Å². The highest BCUT2D eigenvalue weighted by Gasteiger charge is 2.15. The van der Waals surface area contributed by atoms with Crippen LogP contribution in [0.5, 0.6) is 0 Å². The molecule has 0 spiro atoms. The molecule has 0 N–H and O–H groups in total. The van der Waals surface area contributed by atoms with Crippen LogP contribution in [0.4, 0.5) is 0 Å². The highest BCUT2D eigenvalue weighted by molar-refractivity contribution is 14.1. The molecule has 0 heterocycles. The van der Waals surface area contributed by atoms with Gasteiger partial charge >= 0.3 is 0 Å². The fourth-order valence-electron chi connectivity index (χ4n) is 2.35. The molecule has 20 heavy (non-hydrogen) atoms. The van der Waals surface area contributed by atoms with Gasteiger partial charge in [0.25, 0.3) is 0 Å². The van der Waals surface area contributed by atoms with Gasteiger partial charge in [-0.3, -0.25) is 0 Å². The van der Waals surface area contributed by atoms with E-state index >= 15 is 0 Å². The fraction of sp³-hybridized carbons (Fsp3) is 0.0588. The molecule has 0 aliphatic carbocycles. The van der Waals surface area contributed by atoms with E-state index in [1.165, 1.54) is 14.3 Å². The average Bonchev–Trinajstić information content (AvgIpc) is 2.47. The van der Waals surface area contributed by atoms with Crippen LogP contribution >= 0.6 is 50.1 Å². The predicted molar refractivity (Wildman–Crippen MR) is 98.5 cm³/mol. The lowest BCUT2D eigenvalue weighted by molar-refractivity contribution is 1.15. The first kappa shape index (κ1) is 14.4. The molecule has 100 valence electrons. The van der Waals surface area contributed by atoms with E-state index in [-0.39, 0.29) is 5.38 Å². The third-order valence-electron chi connectivity index (χ3n) is 3.32. The molecule has 0 amide bonds. The number of alkyl halides is 1. The van der Waals surface area contributed by atoms with E-state index in [1.54, 1.807) is 0 Å². The van der Waals surface area contributed by atoms with Crippen LogP contribution in [0.1, 0.15) is 16.5 Å². The van der Waals surface area contributed by atoms with Crippen molar-refractivity contribution in [3.63, 3.8) is 0 Å². The Morgan fingerprint density at radius 3 is 2.40 bits per heavy atom. The van der Waals surface area contributed by atoms with Crippen molar-refractivity contribution in [2.75, 3.05) is 0 Å². The molecule has 3 aromatic carbocycles. The van der Waals surface area contributed by atoms with Crippen LogP contribution in [-0.4, -0.2) is 0 Å². The Bertz CT molecular complexity index is 770. The van der Waals surface area contributed by atoms with Crippen molar-refractivity contribution in [1.29, 1.82) is 0 Å². The summed E-state index contributed by atoms with van der Waals surface area (Å²) in [6, 6.07) is 20.8. The van der Waals surface area contributed by atoms with Gasteiger partial charge in [-0.15, -0.1) is 11.6 Å². The van der Waals surface area contributed by atoms with Gasteiger partial charge in [0.1, 0.15) is 0 Å². The van der Waals surface area contributed by atoms with Gasteiger partial charge in [0.05, 0.1) is 5.38 Å². The normalized spacial score (nSPS) is 12.6. The van der Waals surface area contributed by atoms with E-state index in [1.807, 2.05) is 12.1 Å². The predicted octanol–water partition coefficient (Wildman–Crippen LogP) is 6.54. The summed E-state index contributed by atoms with van der Waals surface area (Å²) >= 11 is 12.6. The molecule has 0 nitrogen and oxygen atoms in total. The molecular formula is C17H11BrClI. The van der Waals surface area contributed by atoms with E-state index in [0.717, 1.165) is 15.6 Å². The summed E-state index contributed by atoms with van der Waals surface area (Å²) in [4.78, 5) is 0. The summed E-state index contributed by atoms with van der Waals surface area (Å²) in [7, 11) is 0. The van der Waals surface area contributed by atoms with Gasteiger partial charge in [0.2, 0.25) is 0 Å². The molecule has 0 bridgehead atoms. The molecular weight excluding hydrogens is 446 g/mol. The van der Waals surface area contributed by atoms with Crippen molar-refractivity contribution in [2.24, 2.45) is 0 Å². The van der Waals surface area contributed by atoms with E-state index < -0.39 is 0 Å². The van der Waals surface area contributed by atoms with Crippen molar-refractivity contribution in [1.82, 2.24) is 0 Å². The maximum Gasteiger partial charge on any atom is 0.0841 e. The number of halogens is 3. The number of hydrogen-bond donors (Lipinski definition) is 0. The minimum absolute atomic E-state index is 0.136. The Labute approximate surface area is 145 Å². The van der Waals surface area contributed by atoms with Gasteiger partial charge in [0.15, 0.2) is 0 Å². The number of rotatable bonds is 2. The summed E-state index contributed by atoms with van der Waals surface area (Å²) in [5.74, 6) is 0. The first-order valence-corrected chi connectivity index (χ1v) is 8.54. The molecule has 0 radical (unpaired) electrons. The standard InChI is InChI=1S/C17H11BrClI/c18-16-9-8-15(13-6-1-2-7-14(13)16)17(19)11-4-3-5-12(20)10-11/h1-10,17H. The van der Waals surface area contributed by atoms with Crippen molar-refractivity contribution in [3.05, 3.63) is 79.8 Å². The zero-order chi connectivity index (χ0) is 14.1. The summed E-state index contributed by atoms with van der Waals surface area (Å²) in [6.07, 6.45) is 0. The summed E-state index contributed by atoms with van der Waals surface area (Å²) in [5, 5.41) is 2.25. The SMILES string of the molecule is ClC(c1cccc(I)c1)c1ccc(Br)c2ccccc12. The van der Waals surface area contributed by atoms with Crippen molar-refractivity contribution < 1.29 is 0 Å². The Morgan fingerprint density at radius 1 is 0.900 bits per heavy atom. The van der Waals surface area contributed by atoms with E-state index in [2.05, 4.69) is 87.1 Å². The minimum atomic E-state index is -0.136. The van der Waals surface area contributed by atoms with Gasteiger partial charge in [-0.2, -0.15) is 0 Å². The topological polar surface area (TPSA) is 0 Å². The van der Waals surface area contributed by atoms with Crippen molar-refractivity contribution in [3.8, 4) is 0 Å². The van der Waals surface area contributed by atoms with Crippen molar-refractivity contribution >= 4 is 60.9 Å². The number of benzene rings is 3. The van der Waals surface area contributed by atoms with Gasteiger partial charge in [-0.1, -0.05) is 58.4 Å². The molecule has 0 aromatic heterocycles. The smallest absolute Gasteiger partial charge is 0.0841 e. The summed E-state index contributed by atoms with van der Waals surface area (Å²) < 4.78 is 2.30. The molecule has 1 atom stereocenters. The van der Waals surface area contributed by atoms with Crippen LogP contribution in [0.25, 0.3) is 10.8 Å².